The molecule has 0 saturated carbocycles. The number of hydrogen-bond donors (Lipinski definition) is 3. The number of carbonyl (C=O) groups is 2. The van der Waals surface area contributed by atoms with Crippen LogP contribution < -0.4 is 10.6 Å². The molecular weight excluding hydrogens is 258 g/mol. The van der Waals surface area contributed by atoms with Gasteiger partial charge in [0.2, 0.25) is 0 Å². The highest BCUT2D eigenvalue weighted by Crippen LogP contribution is 2.05. The maximum Gasteiger partial charge on any atom is 0.337 e. The molecule has 3 N–H and O–H groups in total. The number of urea groups is 1. The fraction of sp³-hybridized carbons (Fsp3) is 0.0714. The van der Waals surface area contributed by atoms with E-state index in [2.05, 4.69) is 15.6 Å². The first-order valence-corrected chi connectivity index (χ1v) is 5.93. The summed E-state index contributed by atoms with van der Waals surface area (Å²) in [5.74, 6) is -0.766. The summed E-state index contributed by atoms with van der Waals surface area (Å²) in [5.41, 5.74) is 1.05. The van der Waals surface area contributed by atoms with Gasteiger partial charge in [0.1, 0.15) is 5.82 Å². The lowest BCUT2D eigenvalue weighted by Gasteiger charge is -2.07. The molecule has 0 atom stereocenters. The van der Waals surface area contributed by atoms with Crippen molar-refractivity contribution >= 4 is 17.8 Å². The first-order valence-electron chi connectivity index (χ1n) is 5.93. The van der Waals surface area contributed by atoms with Crippen molar-refractivity contribution in [1.82, 2.24) is 10.3 Å². The van der Waals surface area contributed by atoms with Crippen LogP contribution in [0, 0.1) is 0 Å². The Morgan fingerprint density at radius 2 is 1.85 bits per heavy atom. The number of pyridine rings is 1. The van der Waals surface area contributed by atoms with Gasteiger partial charge in [-0.1, -0.05) is 30.3 Å². The van der Waals surface area contributed by atoms with Crippen molar-refractivity contribution in [3.05, 3.63) is 59.8 Å². The third-order valence-corrected chi connectivity index (χ3v) is 2.55. The maximum absolute atomic E-state index is 11.6. The smallest absolute Gasteiger partial charge is 0.337 e. The van der Waals surface area contributed by atoms with Crippen molar-refractivity contribution in [3.63, 3.8) is 0 Å². The van der Waals surface area contributed by atoms with Gasteiger partial charge in [0.05, 0.1) is 5.56 Å². The number of nitrogens with one attached hydrogen (secondary N) is 2. The molecule has 1 aromatic carbocycles. The predicted molar refractivity (Wildman–Crippen MR) is 73.5 cm³/mol. The Morgan fingerprint density at radius 1 is 1.10 bits per heavy atom. The highest BCUT2D eigenvalue weighted by molar-refractivity contribution is 5.90. The minimum absolute atomic E-state index is 0.0697. The number of aromatic nitrogens is 1. The van der Waals surface area contributed by atoms with Crippen LogP contribution in [0.2, 0.25) is 0 Å². The van der Waals surface area contributed by atoms with Crippen LogP contribution in [-0.4, -0.2) is 22.1 Å². The topological polar surface area (TPSA) is 91.3 Å². The van der Waals surface area contributed by atoms with E-state index >= 15 is 0 Å². The van der Waals surface area contributed by atoms with E-state index in [1.165, 1.54) is 18.3 Å². The van der Waals surface area contributed by atoms with Crippen LogP contribution in [0.25, 0.3) is 0 Å². The average molecular weight is 271 g/mol. The van der Waals surface area contributed by atoms with Gasteiger partial charge in [0.25, 0.3) is 0 Å². The third kappa shape index (κ3) is 3.81. The standard InChI is InChI=1S/C14H13N3O3/c18-13(19)11-6-7-12(15-9-11)17-14(20)16-8-10-4-2-1-3-5-10/h1-7,9H,8H2,(H,18,19)(H2,15,16,17,20). The summed E-state index contributed by atoms with van der Waals surface area (Å²) in [4.78, 5) is 26.1. The second-order valence-electron chi connectivity index (χ2n) is 4.03. The molecule has 6 heteroatoms. The molecule has 0 aliphatic heterocycles. The largest absolute Gasteiger partial charge is 0.478 e. The van der Waals surface area contributed by atoms with E-state index in [4.69, 9.17) is 5.11 Å². The molecule has 0 fully saturated rings. The van der Waals surface area contributed by atoms with Gasteiger partial charge in [-0.2, -0.15) is 0 Å². The van der Waals surface area contributed by atoms with E-state index in [0.29, 0.717) is 12.4 Å². The molecule has 1 aromatic heterocycles. The van der Waals surface area contributed by atoms with E-state index in [0.717, 1.165) is 5.56 Å². The number of carboxylic acids is 1. The molecule has 0 bridgehead atoms. The number of anilines is 1. The summed E-state index contributed by atoms with van der Waals surface area (Å²) < 4.78 is 0. The molecule has 0 radical (unpaired) electrons. The van der Waals surface area contributed by atoms with Gasteiger partial charge in [0.15, 0.2) is 0 Å². The van der Waals surface area contributed by atoms with Crippen molar-refractivity contribution in [3.8, 4) is 0 Å². The van der Waals surface area contributed by atoms with Crippen molar-refractivity contribution in [1.29, 1.82) is 0 Å². The normalized spacial score (nSPS) is 9.80. The van der Waals surface area contributed by atoms with Gasteiger partial charge in [-0.25, -0.2) is 14.6 Å². The number of benzene rings is 1. The highest BCUT2D eigenvalue weighted by Gasteiger charge is 2.05. The zero-order valence-electron chi connectivity index (χ0n) is 10.5. The van der Waals surface area contributed by atoms with E-state index in [-0.39, 0.29) is 5.56 Å². The van der Waals surface area contributed by atoms with Gasteiger partial charge in [-0.3, -0.25) is 5.32 Å². The van der Waals surface area contributed by atoms with Crippen LogP contribution in [-0.2, 0) is 6.54 Å². The zero-order valence-corrected chi connectivity index (χ0v) is 10.5. The SMILES string of the molecule is O=C(NCc1ccccc1)Nc1ccc(C(=O)O)cn1. The van der Waals surface area contributed by atoms with Crippen molar-refractivity contribution < 1.29 is 14.7 Å². The number of carboxylic acid groups (broad SMARTS) is 1. The van der Waals surface area contributed by atoms with Gasteiger partial charge < -0.3 is 10.4 Å². The number of amides is 2. The van der Waals surface area contributed by atoms with Gasteiger partial charge in [0, 0.05) is 12.7 Å². The molecule has 2 rings (SSSR count). The molecule has 20 heavy (non-hydrogen) atoms. The summed E-state index contributed by atoms with van der Waals surface area (Å²) in [7, 11) is 0. The van der Waals surface area contributed by atoms with E-state index in [1.54, 1.807) is 0 Å². The predicted octanol–water partition coefficient (Wildman–Crippen LogP) is 2.10. The Morgan fingerprint density at radius 3 is 2.45 bits per heavy atom. The van der Waals surface area contributed by atoms with Gasteiger partial charge in [-0.15, -0.1) is 0 Å². The minimum atomic E-state index is -1.06. The molecule has 6 nitrogen and oxygen atoms in total. The molecule has 102 valence electrons. The lowest BCUT2D eigenvalue weighted by atomic mass is 10.2. The van der Waals surface area contributed by atoms with Crippen molar-refractivity contribution in [2.45, 2.75) is 6.54 Å². The molecule has 0 spiro atoms. The zero-order chi connectivity index (χ0) is 14.4. The quantitative estimate of drug-likeness (QED) is 0.794. The van der Waals surface area contributed by atoms with Crippen LogP contribution >= 0.6 is 0 Å². The molecule has 1 heterocycles. The fourth-order valence-corrected chi connectivity index (χ4v) is 1.53. The highest BCUT2D eigenvalue weighted by atomic mass is 16.4. The third-order valence-electron chi connectivity index (χ3n) is 2.55. The first-order chi connectivity index (χ1) is 9.65. The van der Waals surface area contributed by atoms with E-state index in [1.807, 2.05) is 30.3 Å². The van der Waals surface area contributed by atoms with Crippen LogP contribution in [0.5, 0.6) is 0 Å². The Balaban J connectivity index is 1.86. The molecule has 0 aliphatic rings. The Bertz CT molecular complexity index is 597. The summed E-state index contributed by atoms with van der Waals surface area (Å²) in [6.07, 6.45) is 1.19. The molecule has 2 aromatic rings. The number of rotatable bonds is 4. The first kappa shape index (κ1) is 13.5. The second kappa shape index (κ2) is 6.33. The van der Waals surface area contributed by atoms with Crippen molar-refractivity contribution in [2.24, 2.45) is 0 Å². The van der Waals surface area contributed by atoms with Gasteiger partial charge in [-0.05, 0) is 17.7 Å². The lowest BCUT2D eigenvalue weighted by Crippen LogP contribution is -2.28. The Hall–Kier alpha value is -2.89. The van der Waals surface area contributed by atoms with Crippen molar-refractivity contribution in [2.75, 3.05) is 5.32 Å². The summed E-state index contributed by atoms with van der Waals surface area (Å²) in [6.45, 7) is 0.403. The number of carbonyl (C=O) groups excluding carboxylic acids is 1. The number of aromatic carboxylic acids is 1. The Labute approximate surface area is 115 Å². The van der Waals surface area contributed by atoms with Gasteiger partial charge >= 0.3 is 12.0 Å². The van der Waals surface area contributed by atoms with E-state index < -0.39 is 12.0 Å². The summed E-state index contributed by atoms with van der Waals surface area (Å²) in [6, 6.07) is 11.9. The van der Waals surface area contributed by atoms with Crippen LogP contribution in [0.3, 0.4) is 0 Å². The Kier molecular flexibility index (Phi) is 4.28. The van der Waals surface area contributed by atoms with Crippen LogP contribution in [0.15, 0.2) is 48.7 Å². The fourth-order valence-electron chi connectivity index (χ4n) is 1.53. The molecule has 2 amide bonds. The monoisotopic (exact) mass is 271 g/mol. The number of hydrogen-bond acceptors (Lipinski definition) is 3. The van der Waals surface area contributed by atoms with E-state index in [9.17, 15) is 9.59 Å². The average Bonchev–Trinajstić information content (AvgIpc) is 2.47. The molecule has 0 saturated heterocycles. The molecular formula is C14H13N3O3. The number of nitrogens with zero attached hydrogens (tertiary/aromatic N) is 1. The summed E-state index contributed by atoms with van der Waals surface area (Å²) >= 11 is 0. The van der Waals surface area contributed by atoms with Crippen LogP contribution in [0.4, 0.5) is 10.6 Å². The second-order valence-corrected chi connectivity index (χ2v) is 4.03. The minimum Gasteiger partial charge on any atom is -0.478 e. The lowest BCUT2D eigenvalue weighted by molar-refractivity contribution is 0.0696. The summed E-state index contributed by atoms with van der Waals surface area (Å²) in [5, 5.41) is 13.9. The molecule has 0 unspecified atom stereocenters. The molecule has 0 aliphatic carbocycles. The maximum atomic E-state index is 11.6. The van der Waals surface area contributed by atoms with Crippen LogP contribution in [0.1, 0.15) is 15.9 Å².